The average Bonchev–Trinajstić information content (AvgIpc) is 2.76. The van der Waals surface area contributed by atoms with Crippen molar-refractivity contribution in [2.45, 2.75) is 19.4 Å². The van der Waals surface area contributed by atoms with Gasteiger partial charge in [-0.1, -0.05) is 42.3 Å². The van der Waals surface area contributed by atoms with Crippen molar-refractivity contribution < 1.29 is 0 Å². The molecule has 3 N–H and O–H groups in total. The first-order chi connectivity index (χ1) is 9.08. The van der Waals surface area contributed by atoms with Crippen molar-refractivity contribution in [3.63, 3.8) is 0 Å². The Kier molecular flexibility index (Phi) is 4.47. The Morgan fingerprint density at radius 2 is 2.11 bits per heavy atom. The lowest BCUT2D eigenvalue weighted by Crippen LogP contribution is -2.29. The zero-order valence-electron chi connectivity index (χ0n) is 10.8. The second kappa shape index (κ2) is 5.92. The van der Waals surface area contributed by atoms with E-state index in [2.05, 4.69) is 17.4 Å². The largest absolute Gasteiger partial charge is 0.275 e. The molecule has 0 radical (unpaired) electrons. The zero-order chi connectivity index (χ0) is 14.0. The van der Waals surface area contributed by atoms with Gasteiger partial charge in [0.15, 0.2) is 0 Å². The first-order valence-corrected chi connectivity index (χ1v) is 6.76. The predicted octanol–water partition coefficient (Wildman–Crippen LogP) is 2.84. The SMILES string of the molecule is CCc1nn(C)cc1C(NN)c1cccc(Cl)c1Cl. The van der Waals surface area contributed by atoms with Crippen LogP contribution in [-0.4, -0.2) is 9.78 Å². The molecule has 0 saturated heterocycles. The molecule has 1 aromatic carbocycles. The van der Waals surface area contributed by atoms with Crippen LogP contribution in [0.15, 0.2) is 24.4 Å². The molecule has 0 amide bonds. The lowest BCUT2D eigenvalue weighted by Gasteiger charge is -2.18. The minimum atomic E-state index is -0.227. The Balaban J connectivity index is 2.53. The Hall–Kier alpha value is -1.07. The third-order valence-corrected chi connectivity index (χ3v) is 3.88. The standard InChI is InChI=1S/C13H16Cl2N4/c1-3-11-9(7-19(2)18-11)13(17-16)8-5-4-6-10(14)12(8)15/h4-7,13,17H,3,16H2,1-2H3. The highest BCUT2D eigenvalue weighted by Crippen LogP contribution is 2.33. The van der Waals surface area contributed by atoms with Crippen LogP contribution in [0.3, 0.4) is 0 Å². The molecule has 0 aliphatic heterocycles. The first kappa shape index (κ1) is 14.3. The fourth-order valence-corrected chi connectivity index (χ4v) is 2.58. The minimum Gasteiger partial charge on any atom is -0.275 e. The number of nitrogens with two attached hydrogens (primary N) is 1. The van der Waals surface area contributed by atoms with Gasteiger partial charge in [-0.25, -0.2) is 5.43 Å². The monoisotopic (exact) mass is 298 g/mol. The lowest BCUT2D eigenvalue weighted by molar-refractivity contribution is 0.631. The molecule has 0 saturated carbocycles. The highest BCUT2D eigenvalue weighted by atomic mass is 35.5. The predicted molar refractivity (Wildman–Crippen MR) is 78.2 cm³/mol. The van der Waals surface area contributed by atoms with E-state index in [1.54, 1.807) is 10.7 Å². The second-order valence-electron chi connectivity index (χ2n) is 4.30. The van der Waals surface area contributed by atoms with Crippen LogP contribution in [0.5, 0.6) is 0 Å². The molecule has 2 rings (SSSR count). The van der Waals surface area contributed by atoms with Gasteiger partial charge in [-0.3, -0.25) is 10.5 Å². The Labute approximate surface area is 122 Å². The maximum atomic E-state index is 6.26. The van der Waals surface area contributed by atoms with Crippen LogP contribution in [-0.2, 0) is 13.5 Å². The van der Waals surface area contributed by atoms with Crippen molar-refractivity contribution in [3.05, 3.63) is 51.3 Å². The van der Waals surface area contributed by atoms with E-state index < -0.39 is 0 Å². The summed E-state index contributed by atoms with van der Waals surface area (Å²) in [7, 11) is 1.88. The van der Waals surface area contributed by atoms with E-state index in [0.29, 0.717) is 10.0 Å². The Bertz CT molecular complexity index is 580. The molecule has 1 atom stereocenters. The molecule has 102 valence electrons. The number of nitrogens with one attached hydrogen (secondary N) is 1. The summed E-state index contributed by atoms with van der Waals surface area (Å²) in [5.41, 5.74) is 5.64. The van der Waals surface area contributed by atoms with E-state index in [9.17, 15) is 0 Å². The van der Waals surface area contributed by atoms with Crippen LogP contribution in [0.25, 0.3) is 0 Å². The maximum absolute atomic E-state index is 6.26. The molecule has 0 bridgehead atoms. The summed E-state index contributed by atoms with van der Waals surface area (Å²) in [5.74, 6) is 5.70. The van der Waals surface area contributed by atoms with E-state index in [0.717, 1.165) is 23.2 Å². The Morgan fingerprint density at radius 1 is 1.37 bits per heavy atom. The fraction of sp³-hybridized carbons (Fsp3) is 0.308. The van der Waals surface area contributed by atoms with Gasteiger partial charge < -0.3 is 0 Å². The molecule has 1 aromatic heterocycles. The number of benzene rings is 1. The van der Waals surface area contributed by atoms with E-state index in [1.165, 1.54) is 0 Å². The highest BCUT2D eigenvalue weighted by Gasteiger charge is 2.21. The number of rotatable bonds is 4. The van der Waals surface area contributed by atoms with Crippen molar-refractivity contribution in [3.8, 4) is 0 Å². The topological polar surface area (TPSA) is 55.9 Å². The molecular formula is C13H16Cl2N4. The summed E-state index contributed by atoms with van der Waals surface area (Å²) in [5, 5.41) is 5.45. The van der Waals surface area contributed by atoms with Crippen molar-refractivity contribution in [2.24, 2.45) is 12.9 Å². The average molecular weight is 299 g/mol. The second-order valence-corrected chi connectivity index (χ2v) is 5.09. The van der Waals surface area contributed by atoms with E-state index in [-0.39, 0.29) is 6.04 Å². The van der Waals surface area contributed by atoms with Gasteiger partial charge in [0.1, 0.15) is 0 Å². The summed E-state index contributed by atoms with van der Waals surface area (Å²) >= 11 is 12.3. The third kappa shape index (κ3) is 2.77. The van der Waals surface area contributed by atoms with Crippen LogP contribution in [0.1, 0.15) is 29.8 Å². The lowest BCUT2D eigenvalue weighted by atomic mass is 9.99. The van der Waals surface area contributed by atoms with E-state index >= 15 is 0 Å². The van der Waals surface area contributed by atoms with Crippen LogP contribution in [0.2, 0.25) is 10.0 Å². The molecule has 4 nitrogen and oxygen atoms in total. The van der Waals surface area contributed by atoms with Crippen molar-refractivity contribution >= 4 is 23.2 Å². The van der Waals surface area contributed by atoms with E-state index in [1.807, 2.05) is 25.4 Å². The van der Waals surface area contributed by atoms with Crippen LogP contribution < -0.4 is 11.3 Å². The van der Waals surface area contributed by atoms with Gasteiger partial charge in [0.2, 0.25) is 0 Å². The number of nitrogens with zero attached hydrogens (tertiary/aromatic N) is 2. The van der Waals surface area contributed by atoms with Gasteiger partial charge in [0.05, 0.1) is 21.8 Å². The van der Waals surface area contributed by atoms with E-state index in [4.69, 9.17) is 29.0 Å². The normalized spacial score (nSPS) is 12.7. The van der Waals surface area contributed by atoms with Crippen molar-refractivity contribution in [1.29, 1.82) is 0 Å². The number of aromatic nitrogens is 2. The number of aryl methyl sites for hydroxylation is 2. The molecule has 2 aromatic rings. The first-order valence-electron chi connectivity index (χ1n) is 6.01. The maximum Gasteiger partial charge on any atom is 0.0758 e. The molecular weight excluding hydrogens is 283 g/mol. The highest BCUT2D eigenvalue weighted by molar-refractivity contribution is 6.42. The third-order valence-electron chi connectivity index (χ3n) is 3.04. The van der Waals surface area contributed by atoms with Gasteiger partial charge in [-0.05, 0) is 18.1 Å². The Morgan fingerprint density at radius 3 is 2.74 bits per heavy atom. The van der Waals surface area contributed by atoms with Gasteiger partial charge >= 0.3 is 0 Å². The number of halogens is 2. The molecule has 1 heterocycles. The quantitative estimate of drug-likeness (QED) is 0.674. The van der Waals surface area contributed by atoms with Gasteiger partial charge in [-0.15, -0.1) is 0 Å². The van der Waals surface area contributed by atoms with Crippen molar-refractivity contribution in [1.82, 2.24) is 15.2 Å². The fourth-order valence-electron chi connectivity index (χ4n) is 2.16. The molecule has 6 heteroatoms. The number of hydrogen-bond donors (Lipinski definition) is 2. The van der Waals surface area contributed by atoms with Crippen LogP contribution in [0.4, 0.5) is 0 Å². The zero-order valence-corrected chi connectivity index (χ0v) is 12.3. The van der Waals surface area contributed by atoms with Gasteiger partial charge in [0, 0.05) is 18.8 Å². The van der Waals surface area contributed by atoms with Crippen LogP contribution >= 0.6 is 23.2 Å². The molecule has 1 unspecified atom stereocenters. The number of hydrogen-bond acceptors (Lipinski definition) is 3. The van der Waals surface area contributed by atoms with Crippen LogP contribution in [0, 0.1) is 0 Å². The molecule has 0 spiro atoms. The van der Waals surface area contributed by atoms with Crippen molar-refractivity contribution in [2.75, 3.05) is 0 Å². The molecule has 0 aliphatic rings. The number of hydrazine groups is 1. The molecule has 19 heavy (non-hydrogen) atoms. The summed E-state index contributed by atoms with van der Waals surface area (Å²) in [6, 6.07) is 5.29. The van der Waals surface area contributed by atoms with Gasteiger partial charge in [0.25, 0.3) is 0 Å². The summed E-state index contributed by atoms with van der Waals surface area (Å²) in [6.07, 6.45) is 2.77. The smallest absolute Gasteiger partial charge is 0.0758 e. The summed E-state index contributed by atoms with van der Waals surface area (Å²) < 4.78 is 1.77. The minimum absolute atomic E-state index is 0.227. The summed E-state index contributed by atoms with van der Waals surface area (Å²) in [4.78, 5) is 0. The van der Waals surface area contributed by atoms with Gasteiger partial charge in [-0.2, -0.15) is 5.10 Å². The summed E-state index contributed by atoms with van der Waals surface area (Å²) in [6.45, 7) is 2.05. The molecule has 0 fully saturated rings. The molecule has 0 aliphatic carbocycles.